The number of nitrogens with zero attached hydrogens (tertiary/aromatic N) is 2. The first-order chi connectivity index (χ1) is 7.65. The van der Waals surface area contributed by atoms with Crippen LogP contribution in [0.25, 0.3) is 0 Å². The molecular formula is C12H24N4. The van der Waals surface area contributed by atoms with E-state index in [1.807, 2.05) is 17.9 Å². The molecule has 2 atom stereocenters. The molecule has 0 aromatic carbocycles. The van der Waals surface area contributed by atoms with Gasteiger partial charge in [-0.25, -0.2) is 0 Å². The van der Waals surface area contributed by atoms with E-state index in [9.17, 15) is 0 Å². The zero-order valence-electron chi connectivity index (χ0n) is 10.6. The Morgan fingerprint density at radius 2 is 2.31 bits per heavy atom. The lowest BCUT2D eigenvalue weighted by Crippen LogP contribution is -2.36. The van der Waals surface area contributed by atoms with E-state index in [2.05, 4.69) is 30.6 Å². The summed E-state index contributed by atoms with van der Waals surface area (Å²) in [6, 6.07) is 0.412. The normalized spacial score (nSPS) is 15.0. The summed E-state index contributed by atoms with van der Waals surface area (Å²) in [5, 5.41) is 4.16. The standard InChI is InChI=1S/C12H24N4/c1-4-10(2)7-12(15-13)6-5-11-8-14-16(3)9-11/h8-10,12,15H,4-7,13H2,1-3H3. The first-order valence-corrected chi connectivity index (χ1v) is 6.09. The van der Waals surface area contributed by atoms with Crippen LogP contribution in [0.1, 0.15) is 38.7 Å². The highest BCUT2D eigenvalue weighted by Crippen LogP contribution is 2.13. The molecule has 4 heteroatoms. The van der Waals surface area contributed by atoms with Crippen molar-refractivity contribution in [2.45, 2.75) is 45.6 Å². The van der Waals surface area contributed by atoms with Crippen molar-refractivity contribution in [3.8, 4) is 0 Å². The number of hydrogen-bond acceptors (Lipinski definition) is 3. The second-order valence-electron chi connectivity index (χ2n) is 4.67. The Hall–Kier alpha value is -0.870. The second kappa shape index (κ2) is 6.66. The van der Waals surface area contributed by atoms with Gasteiger partial charge in [-0.15, -0.1) is 0 Å². The van der Waals surface area contributed by atoms with Crippen LogP contribution in [-0.4, -0.2) is 15.8 Å². The number of aryl methyl sites for hydroxylation is 2. The smallest absolute Gasteiger partial charge is 0.0521 e. The van der Waals surface area contributed by atoms with Crippen molar-refractivity contribution in [3.63, 3.8) is 0 Å². The maximum Gasteiger partial charge on any atom is 0.0521 e. The molecule has 0 saturated carbocycles. The predicted molar refractivity (Wildman–Crippen MR) is 66.7 cm³/mol. The van der Waals surface area contributed by atoms with Crippen molar-refractivity contribution in [2.24, 2.45) is 18.8 Å². The predicted octanol–water partition coefficient (Wildman–Crippen LogP) is 1.62. The molecule has 1 aromatic rings. The molecule has 4 nitrogen and oxygen atoms in total. The molecule has 1 rings (SSSR count). The Morgan fingerprint density at radius 3 is 2.81 bits per heavy atom. The summed E-state index contributed by atoms with van der Waals surface area (Å²) in [4.78, 5) is 0. The van der Waals surface area contributed by atoms with Crippen LogP contribution in [-0.2, 0) is 13.5 Å². The minimum atomic E-state index is 0.412. The van der Waals surface area contributed by atoms with Gasteiger partial charge in [0.15, 0.2) is 0 Å². The Bertz CT molecular complexity index is 295. The lowest BCUT2D eigenvalue weighted by Gasteiger charge is -2.18. The molecule has 0 saturated heterocycles. The van der Waals surface area contributed by atoms with Crippen molar-refractivity contribution < 1.29 is 0 Å². The number of nitrogens with two attached hydrogens (primary N) is 1. The van der Waals surface area contributed by atoms with Crippen LogP contribution in [0.4, 0.5) is 0 Å². The highest BCUT2D eigenvalue weighted by Gasteiger charge is 2.11. The Morgan fingerprint density at radius 1 is 1.56 bits per heavy atom. The van der Waals surface area contributed by atoms with Gasteiger partial charge in [0.2, 0.25) is 0 Å². The SMILES string of the molecule is CCC(C)CC(CCc1cnn(C)c1)NN. The lowest BCUT2D eigenvalue weighted by molar-refractivity contribution is 0.381. The van der Waals surface area contributed by atoms with Crippen LogP contribution >= 0.6 is 0 Å². The molecule has 0 aliphatic heterocycles. The van der Waals surface area contributed by atoms with Crippen molar-refractivity contribution in [2.75, 3.05) is 0 Å². The van der Waals surface area contributed by atoms with Crippen molar-refractivity contribution >= 4 is 0 Å². The quantitative estimate of drug-likeness (QED) is 0.546. The van der Waals surface area contributed by atoms with Gasteiger partial charge < -0.3 is 0 Å². The van der Waals surface area contributed by atoms with Gasteiger partial charge in [-0.05, 0) is 30.7 Å². The molecule has 0 fully saturated rings. The summed E-state index contributed by atoms with van der Waals surface area (Å²) in [6.45, 7) is 4.49. The minimum absolute atomic E-state index is 0.412. The Labute approximate surface area is 98.2 Å². The third kappa shape index (κ3) is 4.33. The molecule has 1 aromatic heterocycles. The average molecular weight is 224 g/mol. The molecule has 16 heavy (non-hydrogen) atoms. The van der Waals surface area contributed by atoms with E-state index in [1.54, 1.807) is 0 Å². The largest absolute Gasteiger partial charge is 0.276 e. The summed E-state index contributed by atoms with van der Waals surface area (Å²) >= 11 is 0. The zero-order valence-corrected chi connectivity index (χ0v) is 10.6. The molecular weight excluding hydrogens is 200 g/mol. The monoisotopic (exact) mass is 224 g/mol. The number of rotatable bonds is 7. The van der Waals surface area contributed by atoms with Crippen LogP contribution in [0, 0.1) is 5.92 Å². The van der Waals surface area contributed by atoms with Gasteiger partial charge in [-0.3, -0.25) is 16.0 Å². The highest BCUT2D eigenvalue weighted by atomic mass is 15.2. The second-order valence-corrected chi connectivity index (χ2v) is 4.67. The molecule has 1 heterocycles. The lowest BCUT2D eigenvalue weighted by atomic mass is 9.96. The van der Waals surface area contributed by atoms with E-state index in [1.165, 1.54) is 12.0 Å². The third-order valence-corrected chi connectivity index (χ3v) is 3.16. The number of hydrazine groups is 1. The van der Waals surface area contributed by atoms with Gasteiger partial charge in [-0.2, -0.15) is 5.10 Å². The van der Waals surface area contributed by atoms with Crippen LogP contribution in [0.2, 0.25) is 0 Å². The molecule has 0 bridgehead atoms. The van der Waals surface area contributed by atoms with Crippen LogP contribution in [0.5, 0.6) is 0 Å². The summed E-state index contributed by atoms with van der Waals surface area (Å²) in [5.41, 5.74) is 4.20. The van der Waals surface area contributed by atoms with Gasteiger partial charge in [0.05, 0.1) is 6.20 Å². The Balaban J connectivity index is 2.33. The fraction of sp³-hybridized carbons (Fsp3) is 0.750. The van der Waals surface area contributed by atoms with Crippen LogP contribution in [0.3, 0.4) is 0 Å². The van der Waals surface area contributed by atoms with Gasteiger partial charge in [0, 0.05) is 19.3 Å². The molecule has 0 amide bonds. The van der Waals surface area contributed by atoms with Gasteiger partial charge >= 0.3 is 0 Å². The van der Waals surface area contributed by atoms with E-state index in [0.717, 1.165) is 25.2 Å². The first kappa shape index (κ1) is 13.2. The molecule has 3 N–H and O–H groups in total. The van der Waals surface area contributed by atoms with E-state index in [0.29, 0.717) is 6.04 Å². The van der Waals surface area contributed by atoms with Crippen molar-refractivity contribution in [3.05, 3.63) is 18.0 Å². The zero-order chi connectivity index (χ0) is 12.0. The number of hydrogen-bond donors (Lipinski definition) is 2. The molecule has 0 spiro atoms. The van der Waals surface area contributed by atoms with Crippen LogP contribution in [0.15, 0.2) is 12.4 Å². The molecule has 0 aliphatic rings. The fourth-order valence-electron chi connectivity index (χ4n) is 1.86. The van der Waals surface area contributed by atoms with E-state index in [-0.39, 0.29) is 0 Å². The number of aromatic nitrogens is 2. The first-order valence-electron chi connectivity index (χ1n) is 6.09. The maximum atomic E-state index is 5.57. The minimum Gasteiger partial charge on any atom is -0.276 e. The van der Waals surface area contributed by atoms with Crippen molar-refractivity contribution in [1.29, 1.82) is 0 Å². The third-order valence-electron chi connectivity index (χ3n) is 3.16. The molecule has 2 unspecified atom stereocenters. The summed E-state index contributed by atoms with van der Waals surface area (Å²) < 4.78 is 1.84. The maximum absolute atomic E-state index is 5.57. The van der Waals surface area contributed by atoms with Gasteiger partial charge in [0.1, 0.15) is 0 Å². The van der Waals surface area contributed by atoms with E-state index < -0.39 is 0 Å². The Kier molecular flexibility index (Phi) is 5.49. The van der Waals surface area contributed by atoms with E-state index in [4.69, 9.17) is 5.84 Å². The molecule has 0 radical (unpaired) electrons. The van der Waals surface area contributed by atoms with Crippen LogP contribution < -0.4 is 11.3 Å². The highest BCUT2D eigenvalue weighted by molar-refractivity contribution is 5.03. The van der Waals surface area contributed by atoms with Gasteiger partial charge in [-0.1, -0.05) is 20.3 Å². The summed E-state index contributed by atoms with van der Waals surface area (Å²) in [7, 11) is 1.95. The average Bonchev–Trinajstić information content (AvgIpc) is 2.69. The van der Waals surface area contributed by atoms with Gasteiger partial charge in [0.25, 0.3) is 0 Å². The van der Waals surface area contributed by atoms with E-state index >= 15 is 0 Å². The molecule has 0 aliphatic carbocycles. The topological polar surface area (TPSA) is 55.9 Å². The fourth-order valence-corrected chi connectivity index (χ4v) is 1.86. The molecule has 92 valence electrons. The van der Waals surface area contributed by atoms with Crippen molar-refractivity contribution in [1.82, 2.24) is 15.2 Å². The number of nitrogens with one attached hydrogen (secondary N) is 1. The summed E-state index contributed by atoms with van der Waals surface area (Å²) in [6.07, 6.45) is 8.47. The summed E-state index contributed by atoms with van der Waals surface area (Å²) in [5.74, 6) is 6.31.